The zero-order valence-corrected chi connectivity index (χ0v) is 13.0. The van der Waals surface area contributed by atoms with Gasteiger partial charge < -0.3 is 14.8 Å². The van der Waals surface area contributed by atoms with Gasteiger partial charge in [0.05, 0.1) is 0 Å². The second kappa shape index (κ2) is 8.39. The normalized spacial score (nSPS) is 10.6. The number of benzene rings is 1. The van der Waals surface area contributed by atoms with Crippen molar-refractivity contribution in [3.63, 3.8) is 0 Å². The van der Waals surface area contributed by atoms with Crippen molar-refractivity contribution in [1.82, 2.24) is 0 Å². The average molecular weight is 301 g/mol. The Kier molecular flexibility index (Phi) is 6.22. The molecule has 0 radical (unpaired) electrons. The van der Waals surface area contributed by atoms with E-state index in [4.69, 9.17) is 9.52 Å². The highest BCUT2D eigenvalue weighted by Crippen LogP contribution is 2.24. The van der Waals surface area contributed by atoms with Crippen LogP contribution in [0.3, 0.4) is 0 Å². The Hall–Kier alpha value is -2.07. The van der Waals surface area contributed by atoms with Gasteiger partial charge in [-0.15, -0.1) is 0 Å². The first-order valence-corrected chi connectivity index (χ1v) is 7.82. The summed E-state index contributed by atoms with van der Waals surface area (Å²) >= 11 is 0. The van der Waals surface area contributed by atoms with E-state index in [0.717, 1.165) is 24.1 Å². The van der Waals surface area contributed by atoms with Gasteiger partial charge in [-0.25, -0.2) is 0 Å². The summed E-state index contributed by atoms with van der Waals surface area (Å²) in [6.07, 6.45) is 4.97. The van der Waals surface area contributed by atoms with Crippen molar-refractivity contribution in [3.05, 3.63) is 42.2 Å². The minimum atomic E-state index is -0.105. The van der Waals surface area contributed by atoms with Crippen LogP contribution in [0.2, 0.25) is 0 Å². The fourth-order valence-electron chi connectivity index (χ4n) is 2.27. The molecule has 0 aliphatic heterocycles. The standard InChI is InChI=1S/C18H23NO3/c1-2-3-4-5-6-18(21)19-15-9-7-14(8-10-15)17-12-11-16(13-20)22-17/h7-12,20H,2-6,13H2,1H3,(H,19,21). The molecule has 0 spiro atoms. The van der Waals surface area contributed by atoms with E-state index in [0.29, 0.717) is 17.9 Å². The number of furan rings is 1. The van der Waals surface area contributed by atoms with Gasteiger partial charge in [-0.3, -0.25) is 4.79 Å². The predicted molar refractivity (Wildman–Crippen MR) is 87.5 cm³/mol. The molecule has 0 aliphatic rings. The minimum absolute atomic E-state index is 0.0596. The monoisotopic (exact) mass is 301 g/mol. The second-order valence-electron chi connectivity index (χ2n) is 5.36. The number of rotatable bonds is 8. The molecule has 4 heteroatoms. The second-order valence-corrected chi connectivity index (χ2v) is 5.36. The number of nitrogens with one attached hydrogen (secondary N) is 1. The summed E-state index contributed by atoms with van der Waals surface area (Å²) in [4.78, 5) is 11.8. The molecular formula is C18H23NO3. The number of hydrogen-bond acceptors (Lipinski definition) is 3. The lowest BCUT2D eigenvalue weighted by Gasteiger charge is -2.06. The van der Waals surface area contributed by atoms with Gasteiger partial charge in [-0.1, -0.05) is 26.2 Å². The number of carbonyl (C=O) groups excluding carboxylic acids is 1. The topological polar surface area (TPSA) is 62.5 Å². The molecule has 2 rings (SSSR count). The smallest absolute Gasteiger partial charge is 0.224 e. The highest BCUT2D eigenvalue weighted by Gasteiger charge is 2.06. The van der Waals surface area contributed by atoms with Gasteiger partial charge in [-0.05, 0) is 42.8 Å². The Morgan fingerprint density at radius 1 is 1.09 bits per heavy atom. The molecule has 0 aliphatic carbocycles. The Morgan fingerprint density at radius 3 is 2.50 bits per heavy atom. The molecule has 1 amide bonds. The summed E-state index contributed by atoms with van der Waals surface area (Å²) < 4.78 is 5.48. The lowest BCUT2D eigenvalue weighted by atomic mass is 10.1. The zero-order chi connectivity index (χ0) is 15.8. The molecule has 0 saturated heterocycles. The summed E-state index contributed by atoms with van der Waals surface area (Å²) in [7, 11) is 0. The minimum Gasteiger partial charge on any atom is -0.459 e. The third-order valence-corrected chi connectivity index (χ3v) is 3.53. The molecule has 22 heavy (non-hydrogen) atoms. The van der Waals surface area contributed by atoms with Crippen molar-refractivity contribution in [2.45, 2.75) is 45.6 Å². The molecule has 1 aromatic carbocycles. The van der Waals surface area contributed by atoms with Crippen LogP contribution in [0, 0.1) is 0 Å². The fourth-order valence-corrected chi connectivity index (χ4v) is 2.27. The maximum absolute atomic E-state index is 11.8. The van der Waals surface area contributed by atoms with Crippen LogP contribution in [-0.4, -0.2) is 11.0 Å². The third-order valence-electron chi connectivity index (χ3n) is 3.53. The molecule has 0 atom stereocenters. The highest BCUT2D eigenvalue weighted by atomic mass is 16.4. The molecule has 2 aromatic rings. The van der Waals surface area contributed by atoms with E-state index >= 15 is 0 Å². The van der Waals surface area contributed by atoms with Gasteiger partial charge in [0, 0.05) is 17.7 Å². The largest absolute Gasteiger partial charge is 0.459 e. The number of anilines is 1. The van der Waals surface area contributed by atoms with Gasteiger partial charge in [0.25, 0.3) is 0 Å². The average Bonchev–Trinajstić information content (AvgIpc) is 3.01. The van der Waals surface area contributed by atoms with Gasteiger partial charge in [-0.2, -0.15) is 0 Å². The summed E-state index contributed by atoms with van der Waals surface area (Å²) in [6.45, 7) is 2.05. The molecular weight excluding hydrogens is 278 g/mol. The molecule has 2 N–H and O–H groups in total. The highest BCUT2D eigenvalue weighted by molar-refractivity contribution is 5.90. The maximum atomic E-state index is 11.8. The molecule has 118 valence electrons. The molecule has 0 saturated carbocycles. The van der Waals surface area contributed by atoms with Crippen LogP contribution in [0.25, 0.3) is 11.3 Å². The van der Waals surface area contributed by atoms with Crippen LogP contribution in [0.15, 0.2) is 40.8 Å². The van der Waals surface area contributed by atoms with Crippen molar-refractivity contribution in [3.8, 4) is 11.3 Å². The number of aliphatic hydroxyl groups is 1. The Bertz CT molecular complexity index is 587. The number of hydrogen-bond donors (Lipinski definition) is 2. The van der Waals surface area contributed by atoms with Crippen LogP contribution in [0.1, 0.15) is 44.8 Å². The van der Waals surface area contributed by atoms with Crippen LogP contribution in [0.4, 0.5) is 5.69 Å². The van der Waals surface area contributed by atoms with Crippen LogP contribution >= 0.6 is 0 Å². The third kappa shape index (κ3) is 4.74. The summed E-state index contributed by atoms with van der Waals surface area (Å²) in [5.74, 6) is 1.31. The predicted octanol–water partition coefficient (Wildman–Crippen LogP) is 4.35. The van der Waals surface area contributed by atoms with E-state index in [2.05, 4.69) is 12.2 Å². The molecule has 0 fully saturated rings. The van der Waals surface area contributed by atoms with Crippen LogP contribution in [0.5, 0.6) is 0 Å². The first kappa shape index (κ1) is 16.3. The van der Waals surface area contributed by atoms with E-state index in [1.807, 2.05) is 30.3 Å². The number of amides is 1. The summed E-state index contributed by atoms with van der Waals surface area (Å²) in [6, 6.07) is 11.1. The maximum Gasteiger partial charge on any atom is 0.224 e. The van der Waals surface area contributed by atoms with Crippen molar-refractivity contribution in [1.29, 1.82) is 0 Å². The van der Waals surface area contributed by atoms with E-state index in [9.17, 15) is 4.79 Å². The van der Waals surface area contributed by atoms with Crippen LogP contribution in [-0.2, 0) is 11.4 Å². The van der Waals surface area contributed by atoms with Crippen molar-refractivity contribution >= 4 is 11.6 Å². The first-order chi connectivity index (χ1) is 10.7. The van der Waals surface area contributed by atoms with Crippen LogP contribution < -0.4 is 5.32 Å². The molecule has 1 aromatic heterocycles. The summed E-state index contributed by atoms with van der Waals surface area (Å²) in [5.41, 5.74) is 1.71. The fraction of sp³-hybridized carbons (Fsp3) is 0.389. The lowest BCUT2D eigenvalue weighted by molar-refractivity contribution is -0.116. The number of carbonyl (C=O) groups is 1. The van der Waals surface area contributed by atoms with E-state index in [1.165, 1.54) is 12.8 Å². The Balaban J connectivity index is 1.87. The van der Waals surface area contributed by atoms with Gasteiger partial charge >= 0.3 is 0 Å². The molecule has 0 unspecified atom stereocenters. The van der Waals surface area contributed by atoms with Gasteiger partial charge in [0.1, 0.15) is 18.1 Å². The molecule has 1 heterocycles. The zero-order valence-electron chi connectivity index (χ0n) is 13.0. The quantitative estimate of drug-likeness (QED) is 0.713. The van der Waals surface area contributed by atoms with Crippen molar-refractivity contribution < 1.29 is 14.3 Å². The van der Waals surface area contributed by atoms with Gasteiger partial charge in [0.2, 0.25) is 5.91 Å². The molecule has 0 bridgehead atoms. The van der Waals surface area contributed by atoms with Crippen molar-refractivity contribution in [2.24, 2.45) is 0 Å². The van der Waals surface area contributed by atoms with E-state index in [-0.39, 0.29) is 12.5 Å². The Labute approximate surface area is 131 Å². The van der Waals surface area contributed by atoms with Gasteiger partial charge in [0.15, 0.2) is 0 Å². The van der Waals surface area contributed by atoms with E-state index in [1.54, 1.807) is 6.07 Å². The van der Waals surface area contributed by atoms with Crippen molar-refractivity contribution in [2.75, 3.05) is 5.32 Å². The molecule has 4 nitrogen and oxygen atoms in total. The lowest BCUT2D eigenvalue weighted by Crippen LogP contribution is -2.10. The number of aliphatic hydroxyl groups excluding tert-OH is 1. The first-order valence-electron chi connectivity index (χ1n) is 7.82. The SMILES string of the molecule is CCCCCCC(=O)Nc1ccc(-c2ccc(CO)o2)cc1. The summed E-state index contributed by atoms with van der Waals surface area (Å²) in [5, 5.41) is 11.9. The number of unbranched alkanes of at least 4 members (excludes halogenated alkanes) is 3. The Morgan fingerprint density at radius 2 is 1.86 bits per heavy atom. The van der Waals surface area contributed by atoms with E-state index < -0.39 is 0 Å².